The maximum Gasteiger partial charge on any atom is 0.126 e. The van der Waals surface area contributed by atoms with Gasteiger partial charge in [0.25, 0.3) is 0 Å². The first-order chi connectivity index (χ1) is 7.00. The third kappa shape index (κ3) is 2.97. The number of aliphatic hydroxyl groups is 2. The van der Waals surface area contributed by atoms with Gasteiger partial charge in [-0.3, -0.25) is 0 Å². The van der Waals surface area contributed by atoms with Gasteiger partial charge < -0.3 is 10.2 Å². The fraction of sp³-hybridized carbons (Fsp3) is 0.455. The van der Waals surface area contributed by atoms with Gasteiger partial charge in [-0.15, -0.1) is 0 Å². The van der Waals surface area contributed by atoms with Gasteiger partial charge in [-0.1, -0.05) is 6.92 Å². The Balaban J connectivity index is 2.92. The van der Waals surface area contributed by atoms with Gasteiger partial charge in [0, 0.05) is 5.41 Å². The van der Waals surface area contributed by atoms with Gasteiger partial charge in [0.2, 0.25) is 0 Å². The molecule has 0 aliphatic carbocycles. The van der Waals surface area contributed by atoms with Crippen LogP contribution in [0.15, 0.2) is 18.2 Å². The minimum Gasteiger partial charge on any atom is -0.396 e. The summed E-state index contributed by atoms with van der Waals surface area (Å²) in [7, 11) is 0. The van der Waals surface area contributed by atoms with Crippen molar-refractivity contribution in [1.82, 2.24) is 0 Å². The van der Waals surface area contributed by atoms with Crippen molar-refractivity contribution in [3.63, 3.8) is 0 Å². The highest BCUT2D eigenvalue weighted by atomic mass is 19.1. The molecule has 2 N–H and O–H groups in total. The molecule has 0 aliphatic heterocycles. The normalized spacial score (nSPS) is 11.8. The van der Waals surface area contributed by atoms with Crippen LogP contribution in [0.2, 0.25) is 0 Å². The minimum atomic E-state index is -0.825. The summed E-state index contributed by atoms with van der Waals surface area (Å²) in [6, 6.07) is 3.16. The van der Waals surface area contributed by atoms with E-state index in [1.54, 1.807) is 6.92 Å². The number of hydrogen-bond donors (Lipinski definition) is 2. The van der Waals surface area contributed by atoms with Crippen LogP contribution in [-0.2, 0) is 6.42 Å². The van der Waals surface area contributed by atoms with E-state index < -0.39 is 17.0 Å². The number of halogens is 2. The highest BCUT2D eigenvalue weighted by Gasteiger charge is 2.24. The summed E-state index contributed by atoms with van der Waals surface area (Å²) in [5.41, 5.74) is -0.658. The minimum absolute atomic E-state index is 0.101. The van der Waals surface area contributed by atoms with Gasteiger partial charge in [0.15, 0.2) is 0 Å². The lowest BCUT2D eigenvalue weighted by Gasteiger charge is -2.24. The lowest BCUT2D eigenvalue weighted by molar-refractivity contribution is 0.0696. The fourth-order valence-electron chi connectivity index (χ4n) is 1.30. The van der Waals surface area contributed by atoms with Crippen molar-refractivity contribution < 1.29 is 19.0 Å². The molecule has 4 heteroatoms. The maximum absolute atomic E-state index is 13.2. The fourth-order valence-corrected chi connectivity index (χ4v) is 1.30. The van der Waals surface area contributed by atoms with Crippen molar-refractivity contribution in [2.75, 3.05) is 13.2 Å². The van der Waals surface area contributed by atoms with Crippen LogP contribution in [-0.4, -0.2) is 23.4 Å². The molecule has 0 aromatic heterocycles. The molecule has 0 amide bonds. The highest BCUT2D eigenvalue weighted by Crippen LogP contribution is 2.23. The quantitative estimate of drug-likeness (QED) is 0.800. The molecular formula is C11H14F2O2. The van der Waals surface area contributed by atoms with E-state index in [2.05, 4.69) is 0 Å². The molecule has 0 spiro atoms. The molecule has 84 valence electrons. The molecule has 0 bridgehead atoms. The molecule has 2 nitrogen and oxygen atoms in total. The molecular weight excluding hydrogens is 202 g/mol. The van der Waals surface area contributed by atoms with Crippen molar-refractivity contribution in [1.29, 1.82) is 0 Å². The number of hydrogen-bond acceptors (Lipinski definition) is 2. The van der Waals surface area contributed by atoms with Gasteiger partial charge in [0.05, 0.1) is 13.2 Å². The second-order valence-corrected chi connectivity index (χ2v) is 4.04. The van der Waals surface area contributed by atoms with Crippen LogP contribution in [0.3, 0.4) is 0 Å². The van der Waals surface area contributed by atoms with Crippen molar-refractivity contribution in [3.05, 3.63) is 35.4 Å². The molecule has 0 saturated carbocycles. The van der Waals surface area contributed by atoms with Crippen LogP contribution in [0.5, 0.6) is 0 Å². The van der Waals surface area contributed by atoms with Crippen molar-refractivity contribution in [2.24, 2.45) is 5.41 Å². The van der Waals surface area contributed by atoms with E-state index in [1.807, 2.05) is 0 Å². The predicted octanol–water partition coefficient (Wildman–Crippen LogP) is 1.50. The first-order valence-corrected chi connectivity index (χ1v) is 4.66. The van der Waals surface area contributed by atoms with Gasteiger partial charge in [-0.05, 0) is 30.2 Å². The lowest BCUT2D eigenvalue weighted by atomic mass is 9.85. The van der Waals surface area contributed by atoms with Crippen LogP contribution in [0, 0.1) is 17.0 Å². The Labute approximate surface area is 87.2 Å². The molecule has 15 heavy (non-hydrogen) atoms. The van der Waals surface area contributed by atoms with Crippen LogP contribution in [0.1, 0.15) is 12.5 Å². The van der Waals surface area contributed by atoms with Crippen molar-refractivity contribution in [3.8, 4) is 0 Å². The summed E-state index contributed by atoms with van der Waals surface area (Å²) in [6.45, 7) is 1.05. The summed E-state index contributed by atoms with van der Waals surface area (Å²) in [5, 5.41) is 18.1. The van der Waals surface area contributed by atoms with E-state index in [-0.39, 0.29) is 25.2 Å². The van der Waals surface area contributed by atoms with E-state index in [4.69, 9.17) is 10.2 Å². The smallest absolute Gasteiger partial charge is 0.126 e. The topological polar surface area (TPSA) is 40.5 Å². The number of benzene rings is 1. The van der Waals surface area contributed by atoms with Gasteiger partial charge in [-0.25, -0.2) is 8.78 Å². The molecule has 0 atom stereocenters. The first kappa shape index (κ1) is 12.1. The molecule has 0 heterocycles. The third-order valence-corrected chi connectivity index (χ3v) is 2.39. The Hall–Kier alpha value is -1.00. The highest BCUT2D eigenvalue weighted by molar-refractivity contribution is 5.20. The number of aliphatic hydroxyl groups excluding tert-OH is 2. The van der Waals surface area contributed by atoms with Crippen molar-refractivity contribution in [2.45, 2.75) is 13.3 Å². The standard InChI is InChI=1S/C11H14F2O2/c1-11(6-14,7-15)5-8-4-9(12)2-3-10(8)13/h2-4,14-15H,5-7H2,1H3. The molecule has 0 aliphatic rings. The Morgan fingerprint density at radius 2 is 1.80 bits per heavy atom. The molecule has 0 fully saturated rings. The molecule has 0 saturated heterocycles. The van der Waals surface area contributed by atoms with E-state index in [0.717, 1.165) is 18.2 Å². The maximum atomic E-state index is 13.2. The predicted molar refractivity (Wildman–Crippen MR) is 52.3 cm³/mol. The van der Waals surface area contributed by atoms with E-state index in [1.165, 1.54) is 0 Å². The van der Waals surface area contributed by atoms with E-state index in [9.17, 15) is 8.78 Å². The van der Waals surface area contributed by atoms with Gasteiger partial charge in [-0.2, -0.15) is 0 Å². The summed E-state index contributed by atoms with van der Waals surface area (Å²) >= 11 is 0. The zero-order chi connectivity index (χ0) is 11.5. The zero-order valence-electron chi connectivity index (χ0n) is 8.50. The average Bonchev–Trinajstić information content (AvgIpc) is 2.23. The van der Waals surface area contributed by atoms with Gasteiger partial charge >= 0.3 is 0 Å². The summed E-state index contributed by atoms with van der Waals surface area (Å²) < 4.78 is 26.1. The largest absolute Gasteiger partial charge is 0.396 e. The van der Waals surface area contributed by atoms with Crippen LogP contribution < -0.4 is 0 Å². The second kappa shape index (κ2) is 4.68. The summed E-state index contributed by atoms with van der Waals surface area (Å²) in [5.74, 6) is -1.05. The van der Waals surface area contributed by atoms with Crippen LogP contribution in [0.4, 0.5) is 8.78 Å². The summed E-state index contributed by atoms with van der Waals surface area (Å²) in [4.78, 5) is 0. The van der Waals surface area contributed by atoms with Crippen LogP contribution in [0.25, 0.3) is 0 Å². The lowest BCUT2D eigenvalue weighted by Crippen LogP contribution is -2.29. The molecule has 1 aromatic carbocycles. The Morgan fingerprint density at radius 1 is 1.20 bits per heavy atom. The molecule has 1 rings (SSSR count). The van der Waals surface area contributed by atoms with Crippen molar-refractivity contribution >= 4 is 0 Å². The Morgan fingerprint density at radius 3 is 2.33 bits per heavy atom. The monoisotopic (exact) mass is 216 g/mol. The third-order valence-electron chi connectivity index (χ3n) is 2.39. The van der Waals surface area contributed by atoms with Crippen LogP contribution >= 0.6 is 0 Å². The zero-order valence-corrected chi connectivity index (χ0v) is 8.50. The Bertz CT molecular complexity index is 335. The molecule has 1 aromatic rings. The summed E-state index contributed by atoms with van der Waals surface area (Å²) in [6.07, 6.45) is 0.101. The molecule has 0 unspecified atom stereocenters. The van der Waals surface area contributed by atoms with E-state index >= 15 is 0 Å². The number of rotatable bonds is 4. The first-order valence-electron chi connectivity index (χ1n) is 4.66. The van der Waals surface area contributed by atoms with E-state index in [0.29, 0.717) is 0 Å². The molecule has 0 radical (unpaired) electrons. The Kier molecular flexibility index (Phi) is 3.77. The SMILES string of the molecule is CC(CO)(CO)Cc1cc(F)ccc1F. The average molecular weight is 216 g/mol. The van der Waals surface area contributed by atoms with Gasteiger partial charge in [0.1, 0.15) is 11.6 Å². The second-order valence-electron chi connectivity index (χ2n) is 4.04.